The highest BCUT2D eigenvalue weighted by Crippen LogP contribution is 2.52. The number of hydrogen-bond donors (Lipinski definition) is 1. The number of nitrogens with two attached hydrogens (primary N) is 1. The zero-order valence-electron chi connectivity index (χ0n) is 24.9. The molecule has 0 fully saturated rings. The standard InChI is InChI=1S/C35H34F3N3OS/c1-20-10-12-24(13-11-20)43-19-23-14-21(2)15-25(22(23)3)31-26(18-39)33(40)41(28-9-7-6-8-27(28)35(36,37)38)29-16-34(4,5)17-30(42)32(29)31/h6-15,31H,16-17,19,40H2,1-5H3. The van der Waals surface area contributed by atoms with Crippen molar-refractivity contribution in [1.82, 2.24) is 0 Å². The zero-order chi connectivity index (χ0) is 31.3. The molecule has 1 atom stereocenters. The number of ketones is 1. The number of benzene rings is 3. The smallest absolute Gasteiger partial charge is 0.384 e. The third kappa shape index (κ3) is 5.83. The minimum Gasteiger partial charge on any atom is -0.384 e. The first-order chi connectivity index (χ1) is 20.2. The number of aryl methyl sites for hydroxylation is 2. The van der Waals surface area contributed by atoms with Crippen molar-refractivity contribution in [3.05, 3.63) is 117 Å². The second-order valence-corrected chi connectivity index (χ2v) is 13.3. The van der Waals surface area contributed by atoms with Crippen molar-refractivity contribution in [2.75, 3.05) is 4.90 Å². The molecule has 0 amide bonds. The Morgan fingerprint density at radius 3 is 2.35 bits per heavy atom. The highest BCUT2D eigenvalue weighted by atomic mass is 32.2. The summed E-state index contributed by atoms with van der Waals surface area (Å²) in [7, 11) is 0. The summed E-state index contributed by atoms with van der Waals surface area (Å²) >= 11 is 1.70. The SMILES string of the molecule is Cc1ccc(SCc2cc(C)cc(C3C(C#N)=C(N)N(c4ccccc4C(F)(F)F)C4=C3C(=O)CC(C)(C)C4)c2C)cc1. The van der Waals surface area contributed by atoms with Crippen LogP contribution in [0.3, 0.4) is 0 Å². The number of thioether (sulfide) groups is 1. The van der Waals surface area contributed by atoms with Crippen molar-refractivity contribution in [3.8, 4) is 6.07 Å². The molecule has 0 radical (unpaired) electrons. The molecule has 0 bridgehead atoms. The first kappa shape index (κ1) is 30.5. The van der Waals surface area contributed by atoms with E-state index in [1.165, 1.54) is 28.7 Å². The van der Waals surface area contributed by atoms with E-state index in [-0.39, 0.29) is 29.3 Å². The van der Waals surface area contributed by atoms with Crippen molar-refractivity contribution in [3.63, 3.8) is 0 Å². The van der Waals surface area contributed by atoms with Crippen LogP contribution >= 0.6 is 11.8 Å². The lowest BCUT2D eigenvalue weighted by molar-refractivity contribution is -0.137. The molecule has 1 heterocycles. The summed E-state index contributed by atoms with van der Waals surface area (Å²) in [5, 5.41) is 10.5. The van der Waals surface area contributed by atoms with E-state index in [4.69, 9.17) is 5.73 Å². The molecule has 3 aromatic rings. The minimum absolute atomic E-state index is 0.0784. The van der Waals surface area contributed by atoms with Gasteiger partial charge in [0, 0.05) is 28.3 Å². The minimum atomic E-state index is -4.66. The second kappa shape index (κ2) is 11.3. The molecule has 1 aliphatic carbocycles. The van der Waals surface area contributed by atoms with Crippen molar-refractivity contribution in [2.45, 2.75) is 70.2 Å². The average molecular weight is 602 g/mol. The fourth-order valence-corrected chi connectivity index (χ4v) is 7.16. The van der Waals surface area contributed by atoms with Crippen LogP contribution in [0.2, 0.25) is 0 Å². The summed E-state index contributed by atoms with van der Waals surface area (Å²) in [5.74, 6) is -0.358. The molecular formula is C35H34F3N3OS. The predicted molar refractivity (Wildman–Crippen MR) is 165 cm³/mol. The van der Waals surface area contributed by atoms with Gasteiger partial charge in [0.25, 0.3) is 0 Å². The Morgan fingerprint density at radius 2 is 1.70 bits per heavy atom. The maximum absolute atomic E-state index is 14.2. The normalized spacial score (nSPS) is 18.5. The van der Waals surface area contributed by atoms with Crippen LogP contribution in [0.1, 0.15) is 66.0 Å². The van der Waals surface area contributed by atoms with Crippen LogP contribution in [0.25, 0.3) is 0 Å². The molecule has 1 aliphatic heterocycles. The summed E-state index contributed by atoms with van der Waals surface area (Å²) in [6.45, 7) is 9.85. The highest BCUT2D eigenvalue weighted by Gasteiger charge is 2.47. The van der Waals surface area contributed by atoms with E-state index >= 15 is 0 Å². The number of carbonyl (C=O) groups excluding carboxylic acids is 1. The predicted octanol–water partition coefficient (Wildman–Crippen LogP) is 8.86. The highest BCUT2D eigenvalue weighted by molar-refractivity contribution is 7.98. The molecule has 0 saturated heterocycles. The summed E-state index contributed by atoms with van der Waals surface area (Å²) < 4.78 is 42.7. The van der Waals surface area contributed by atoms with Crippen LogP contribution in [-0.2, 0) is 16.7 Å². The van der Waals surface area contributed by atoms with E-state index < -0.39 is 23.1 Å². The fourth-order valence-electron chi connectivity index (χ4n) is 6.21. The number of rotatable bonds is 5. The van der Waals surface area contributed by atoms with Gasteiger partial charge in [-0.05, 0) is 73.6 Å². The van der Waals surface area contributed by atoms with Gasteiger partial charge in [0.15, 0.2) is 5.78 Å². The lowest BCUT2D eigenvalue weighted by atomic mass is 9.68. The summed E-state index contributed by atoms with van der Waals surface area (Å²) in [4.78, 5) is 16.4. The molecule has 5 rings (SSSR count). The molecule has 0 aromatic heterocycles. The monoisotopic (exact) mass is 601 g/mol. The Labute approximate surface area is 255 Å². The van der Waals surface area contributed by atoms with Crippen LogP contribution in [0, 0.1) is 37.5 Å². The van der Waals surface area contributed by atoms with Crippen LogP contribution < -0.4 is 10.6 Å². The number of halogens is 3. The van der Waals surface area contributed by atoms with Gasteiger partial charge in [-0.2, -0.15) is 18.4 Å². The van der Waals surface area contributed by atoms with Gasteiger partial charge in [0.1, 0.15) is 5.82 Å². The summed E-state index contributed by atoms with van der Waals surface area (Å²) in [6.07, 6.45) is -4.11. The van der Waals surface area contributed by atoms with Crippen LogP contribution in [-0.4, -0.2) is 5.78 Å². The largest absolute Gasteiger partial charge is 0.418 e. The van der Waals surface area contributed by atoms with Crippen molar-refractivity contribution in [1.29, 1.82) is 5.26 Å². The molecule has 8 heteroatoms. The average Bonchev–Trinajstić information content (AvgIpc) is 2.92. The Balaban J connectivity index is 1.70. The summed E-state index contributed by atoms with van der Waals surface area (Å²) in [5.41, 5.74) is 10.9. The molecule has 2 aliphatic rings. The van der Waals surface area contributed by atoms with E-state index in [1.54, 1.807) is 11.8 Å². The van der Waals surface area contributed by atoms with E-state index in [1.807, 2.05) is 40.7 Å². The molecule has 0 saturated carbocycles. The molecule has 43 heavy (non-hydrogen) atoms. The summed E-state index contributed by atoms with van der Waals surface area (Å²) in [6, 6.07) is 19.8. The Morgan fingerprint density at radius 1 is 1.02 bits per heavy atom. The van der Waals surface area contributed by atoms with E-state index in [2.05, 4.69) is 36.4 Å². The molecule has 1 unspecified atom stereocenters. The Kier molecular flexibility index (Phi) is 8.00. The number of alkyl halides is 3. The first-order valence-electron chi connectivity index (χ1n) is 14.1. The number of anilines is 1. The lowest BCUT2D eigenvalue weighted by Gasteiger charge is -2.44. The molecule has 222 valence electrons. The van der Waals surface area contributed by atoms with Gasteiger partial charge in [0.05, 0.1) is 28.8 Å². The fraction of sp³-hybridized carbons (Fsp3) is 0.314. The van der Waals surface area contributed by atoms with E-state index in [0.29, 0.717) is 23.4 Å². The zero-order valence-corrected chi connectivity index (χ0v) is 25.7. The van der Waals surface area contributed by atoms with Gasteiger partial charge >= 0.3 is 6.18 Å². The quantitative estimate of drug-likeness (QED) is 0.296. The van der Waals surface area contributed by atoms with Crippen molar-refractivity contribution < 1.29 is 18.0 Å². The van der Waals surface area contributed by atoms with Crippen molar-refractivity contribution >= 4 is 23.2 Å². The third-order valence-electron chi connectivity index (χ3n) is 8.26. The Bertz CT molecular complexity index is 1710. The van der Waals surface area contributed by atoms with Gasteiger partial charge in [0.2, 0.25) is 0 Å². The van der Waals surface area contributed by atoms with E-state index in [0.717, 1.165) is 33.2 Å². The van der Waals surface area contributed by atoms with Crippen LogP contribution in [0.15, 0.2) is 88.2 Å². The van der Waals surface area contributed by atoms with Gasteiger partial charge in [-0.15, -0.1) is 11.8 Å². The molecular weight excluding hydrogens is 567 g/mol. The molecule has 4 nitrogen and oxygen atoms in total. The Hall–Kier alpha value is -3.96. The van der Waals surface area contributed by atoms with E-state index in [9.17, 15) is 23.2 Å². The molecule has 2 N–H and O–H groups in total. The molecule has 3 aromatic carbocycles. The number of nitriles is 1. The number of allylic oxidation sites excluding steroid dienone is 3. The number of para-hydroxylation sites is 1. The maximum atomic E-state index is 14.2. The van der Waals surface area contributed by atoms with Gasteiger partial charge in [-0.25, -0.2) is 0 Å². The molecule has 0 spiro atoms. The second-order valence-electron chi connectivity index (χ2n) is 12.2. The maximum Gasteiger partial charge on any atom is 0.418 e. The lowest BCUT2D eigenvalue weighted by Crippen LogP contribution is -2.42. The third-order valence-corrected chi connectivity index (χ3v) is 9.32. The van der Waals surface area contributed by atoms with Crippen LogP contribution in [0.5, 0.6) is 0 Å². The van der Waals surface area contributed by atoms with Crippen LogP contribution in [0.4, 0.5) is 18.9 Å². The number of hydrogen-bond acceptors (Lipinski definition) is 5. The van der Waals surface area contributed by atoms with Gasteiger partial charge < -0.3 is 5.73 Å². The first-order valence-corrected chi connectivity index (χ1v) is 15.1. The number of carbonyl (C=O) groups is 1. The number of nitrogens with zero attached hydrogens (tertiary/aromatic N) is 2. The van der Waals surface area contributed by atoms with Crippen molar-refractivity contribution in [2.24, 2.45) is 11.1 Å². The number of Topliss-reactive ketones (excluding diaryl/α,β-unsaturated/α-hetero) is 1. The topological polar surface area (TPSA) is 70.1 Å². The van der Waals surface area contributed by atoms with Gasteiger partial charge in [-0.1, -0.05) is 61.4 Å². The van der Waals surface area contributed by atoms with Gasteiger partial charge in [-0.3, -0.25) is 9.69 Å².